The van der Waals surface area contributed by atoms with E-state index in [0.717, 1.165) is 10.9 Å². The largest absolute Gasteiger partial charge is 0.481 e. The highest BCUT2D eigenvalue weighted by molar-refractivity contribution is 9.10. The molecule has 1 aliphatic rings. The van der Waals surface area contributed by atoms with Crippen molar-refractivity contribution >= 4 is 33.6 Å². The molecule has 108 valence electrons. The lowest BCUT2D eigenvalue weighted by atomic mass is 9.85. The minimum Gasteiger partial charge on any atom is -0.481 e. The summed E-state index contributed by atoms with van der Waals surface area (Å²) in [5, 5.41) is 14.8. The Balaban J connectivity index is 1.98. The molecule has 2 atom stereocenters. The highest BCUT2D eigenvalue weighted by Crippen LogP contribution is 2.38. The van der Waals surface area contributed by atoms with Crippen LogP contribution in [0.3, 0.4) is 0 Å². The zero-order valence-corrected chi connectivity index (χ0v) is 12.7. The Hall–Kier alpha value is -1.56. The number of halogens is 1. The van der Waals surface area contributed by atoms with Crippen molar-refractivity contribution in [3.05, 3.63) is 28.7 Å². The summed E-state index contributed by atoms with van der Waals surface area (Å²) in [7, 11) is 0. The second-order valence-corrected chi connectivity index (χ2v) is 6.19. The van der Waals surface area contributed by atoms with E-state index in [0.29, 0.717) is 18.5 Å². The first-order chi connectivity index (χ1) is 9.41. The molecule has 0 bridgehead atoms. The van der Waals surface area contributed by atoms with E-state index in [-0.39, 0.29) is 12.1 Å². The van der Waals surface area contributed by atoms with Gasteiger partial charge in [-0.1, -0.05) is 22.4 Å². The van der Waals surface area contributed by atoms with E-state index in [1.54, 1.807) is 19.1 Å². The Morgan fingerprint density at radius 2 is 2.00 bits per heavy atom. The molecular formula is C14H17BrN2O3. The Morgan fingerprint density at radius 1 is 1.35 bits per heavy atom. The zero-order chi connectivity index (χ0) is 14.8. The van der Waals surface area contributed by atoms with Gasteiger partial charge in [0.2, 0.25) is 0 Å². The van der Waals surface area contributed by atoms with Crippen molar-refractivity contribution < 1.29 is 14.7 Å². The van der Waals surface area contributed by atoms with Gasteiger partial charge in [0.15, 0.2) is 0 Å². The minimum absolute atomic E-state index is 0.338. The summed E-state index contributed by atoms with van der Waals surface area (Å²) in [4.78, 5) is 23.3. The topological polar surface area (TPSA) is 78.4 Å². The molecule has 1 fully saturated rings. The van der Waals surface area contributed by atoms with Crippen molar-refractivity contribution in [1.29, 1.82) is 0 Å². The maximum Gasteiger partial charge on any atom is 0.319 e. The van der Waals surface area contributed by atoms with E-state index in [1.165, 1.54) is 0 Å². The summed E-state index contributed by atoms with van der Waals surface area (Å²) < 4.78 is 0.928. The maximum absolute atomic E-state index is 11.9. The van der Waals surface area contributed by atoms with E-state index in [2.05, 4.69) is 26.6 Å². The third-order valence-electron chi connectivity index (χ3n) is 3.85. The third-order valence-corrected chi connectivity index (χ3v) is 4.38. The number of hydrogen-bond acceptors (Lipinski definition) is 2. The fourth-order valence-corrected chi connectivity index (χ4v) is 2.78. The number of amides is 2. The van der Waals surface area contributed by atoms with Crippen LogP contribution in [0, 0.1) is 5.41 Å². The van der Waals surface area contributed by atoms with Gasteiger partial charge in [-0.3, -0.25) is 4.79 Å². The van der Waals surface area contributed by atoms with Crippen LogP contribution in [-0.4, -0.2) is 23.1 Å². The second-order valence-electron chi connectivity index (χ2n) is 5.27. The molecule has 6 heteroatoms. The molecule has 1 aromatic rings. The zero-order valence-electron chi connectivity index (χ0n) is 11.1. The number of carboxylic acids is 1. The van der Waals surface area contributed by atoms with Crippen LogP contribution in [0.1, 0.15) is 26.2 Å². The number of carboxylic acid groups (broad SMARTS) is 1. The van der Waals surface area contributed by atoms with Gasteiger partial charge < -0.3 is 15.7 Å². The average molecular weight is 341 g/mol. The van der Waals surface area contributed by atoms with Gasteiger partial charge in [0.1, 0.15) is 0 Å². The van der Waals surface area contributed by atoms with Gasteiger partial charge in [0.25, 0.3) is 0 Å². The fraction of sp³-hybridized carbons (Fsp3) is 0.429. The van der Waals surface area contributed by atoms with Crippen LogP contribution >= 0.6 is 15.9 Å². The number of hydrogen-bond donors (Lipinski definition) is 3. The molecule has 0 saturated heterocycles. The smallest absolute Gasteiger partial charge is 0.319 e. The Labute approximate surface area is 125 Å². The first-order valence-corrected chi connectivity index (χ1v) is 7.27. The average Bonchev–Trinajstić information content (AvgIpc) is 2.75. The second kappa shape index (κ2) is 5.83. The molecule has 2 amide bonds. The van der Waals surface area contributed by atoms with Crippen molar-refractivity contribution in [1.82, 2.24) is 5.32 Å². The van der Waals surface area contributed by atoms with Gasteiger partial charge in [0.05, 0.1) is 5.41 Å². The molecule has 1 aromatic carbocycles. The van der Waals surface area contributed by atoms with E-state index in [1.807, 2.05) is 12.1 Å². The minimum atomic E-state index is -0.878. The molecule has 1 saturated carbocycles. The molecule has 1 aliphatic carbocycles. The number of rotatable bonds is 3. The first kappa shape index (κ1) is 14.8. The summed E-state index contributed by atoms with van der Waals surface area (Å²) in [5.74, 6) is -0.857. The maximum atomic E-state index is 11.9. The molecule has 5 nitrogen and oxygen atoms in total. The van der Waals surface area contributed by atoms with Gasteiger partial charge in [-0.2, -0.15) is 0 Å². The number of carbonyl (C=O) groups is 2. The summed E-state index contributed by atoms with van der Waals surface area (Å²) >= 11 is 3.32. The predicted molar refractivity (Wildman–Crippen MR) is 79.7 cm³/mol. The molecule has 0 aromatic heterocycles. The van der Waals surface area contributed by atoms with Crippen molar-refractivity contribution in [3.8, 4) is 0 Å². The van der Waals surface area contributed by atoms with Gasteiger partial charge in [-0.15, -0.1) is 0 Å². The van der Waals surface area contributed by atoms with Crippen LogP contribution in [0.15, 0.2) is 28.7 Å². The van der Waals surface area contributed by atoms with Crippen LogP contribution in [0.4, 0.5) is 10.5 Å². The monoisotopic (exact) mass is 340 g/mol. The number of benzene rings is 1. The third kappa shape index (κ3) is 3.12. The van der Waals surface area contributed by atoms with Gasteiger partial charge in [-0.05, 0) is 44.0 Å². The molecule has 2 rings (SSSR count). The summed E-state index contributed by atoms with van der Waals surface area (Å²) in [6, 6.07) is 6.49. The number of carbonyl (C=O) groups excluding carboxylic acids is 1. The lowest BCUT2D eigenvalue weighted by molar-refractivity contribution is -0.148. The fourth-order valence-electron chi connectivity index (χ4n) is 2.51. The van der Waals surface area contributed by atoms with Crippen molar-refractivity contribution in [2.24, 2.45) is 5.41 Å². The lowest BCUT2D eigenvalue weighted by Gasteiger charge is -2.27. The molecular weight excluding hydrogens is 324 g/mol. The Bertz CT molecular complexity index is 518. The number of aliphatic carboxylic acids is 1. The normalized spacial score (nSPS) is 25.2. The van der Waals surface area contributed by atoms with Gasteiger partial charge >= 0.3 is 12.0 Å². The molecule has 0 aliphatic heterocycles. The molecule has 2 unspecified atom stereocenters. The summed E-state index contributed by atoms with van der Waals surface area (Å²) in [6.45, 7) is 1.69. The van der Waals surface area contributed by atoms with Crippen LogP contribution < -0.4 is 10.6 Å². The van der Waals surface area contributed by atoms with Crippen LogP contribution in [0.2, 0.25) is 0 Å². The van der Waals surface area contributed by atoms with Crippen LogP contribution in [0.25, 0.3) is 0 Å². The van der Waals surface area contributed by atoms with Crippen molar-refractivity contribution in [2.75, 3.05) is 5.32 Å². The number of nitrogens with one attached hydrogen (secondary N) is 2. The molecule has 3 N–H and O–H groups in total. The predicted octanol–water partition coefficient (Wildman–Crippen LogP) is 3.21. The lowest BCUT2D eigenvalue weighted by Crippen LogP contribution is -2.48. The quantitative estimate of drug-likeness (QED) is 0.790. The molecule has 0 heterocycles. The van der Waals surface area contributed by atoms with E-state index >= 15 is 0 Å². The molecule has 0 spiro atoms. The highest BCUT2D eigenvalue weighted by Gasteiger charge is 2.45. The molecule has 20 heavy (non-hydrogen) atoms. The van der Waals surface area contributed by atoms with E-state index < -0.39 is 11.4 Å². The van der Waals surface area contributed by atoms with Gasteiger partial charge in [-0.25, -0.2) is 4.79 Å². The molecule has 0 radical (unpaired) electrons. The standard InChI is InChI=1S/C14H17BrN2O3/c1-14(12(18)19)8-2-3-11(14)17-13(20)16-10-6-4-9(15)5-7-10/h4-7,11H,2-3,8H2,1H3,(H,18,19)(H2,16,17,20). The number of urea groups is 1. The van der Waals surface area contributed by atoms with Crippen molar-refractivity contribution in [3.63, 3.8) is 0 Å². The van der Waals surface area contributed by atoms with Crippen LogP contribution in [-0.2, 0) is 4.79 Å². The van der Waals surface area contributed by atoms with Crippen LogP contribution in [0.5, 0.6) is 0 Å². The van der Waals surface area contributed by atoms with E-state index in [9.17, 15) is 14.7 Å². The Kier molecular flexibility index (Phi) is 4.32. The first-order valence-electron chi connectivity index (χ1n) is 6.48. The SMILES string of the molecule is CC1(C(=O)O)CCCC1NC(=O)Nc1ccc(Br)cc1. The summed E-state index contributed by atoms with van der Waals surface area (Å²) in [6.07, 6.45) is 2.09. The highest BCUT2D eigenvalue weighted by atomic mass is 79.9. The Morgan fingerprint density at radius 3 is 2.60 bits per heavy atom. The summed E-state index contributed by atoms with van der Waals surface area (Å²) in [5.41, 5.74) is -0.211. The van der Waals surface area contributed by atoms with Crippen molar-refractivity contribution in [2.45, 2.75) is 32.2 Å². The van der Waals surface area contributed by atoms with Gasteiger partial charge in [0, 0.05) is 16.2 Å². The number of anilines is 1. The van der Waals surface area contributed by atoms with E-state index in [4.69, 9.17) is 0 Å².